The summed E-state index contributed by atoms with van der Waals surface area (Å²) in [6.45, 7) is 8.15. The molecule has 0 bridgehead atoms. The average Bonchev–Trinajstić information content (AvgIpc) is 2.68. The Hall–Kier alpha value is -2.14. The lowest BCUT2D eigenvalue weighted by atomic mass is 10.1. The predicted octanol–water partition coefficient (Wildman–Crippen LogP) is 4.06. The number of amides is 2. The van der Waals surface area contributed by atoms with E-state index in [1.165, 1.54) is 21.7 Å². The zero-order valence-electron chi connectivity index (χ0n) is 15.8. The summed E-state index contributed by atoms with van der Waals surface area (Å²) < 4.78 is 0. The van der Waals surface area contributed by atoms with Crippen molar-refractivity contribution in [3.05, 3.63) is 59.2 Å². The highest BCUT2D eigenvalue weighted by Crippen LogP contribution is 2.24. The Morgan fingerprint density at radius 3 is 2.54 bits per heavy atom. The van der Waals surface area contributed by atoms with Gasteiger partial charge >= 0.3 is 6.03 Å². The van der Waals surface area contributed by atoms with Gasteiger partial charge in [0.05, 0.1) is 0 Å². The Labute approximate surface area is 160 Å². The molecule has 1 saturated heterocycles. The summed E-state index contributed by atoms with van der Waals surface area (Å²) in [4.78, 5) is 18.0. The number of nitrogens with zero attached hydrogens (tertiary/aromatic N) is 2. The number of aryl methyl sites for hydroxylation is 1. The van der Waals surface area contributed by atoms with Gasteiger partial charge in [-0.15, -0.1) is 11.8 Å². The molecule has 5 heteroatoms. The molecule has 2 amide bonds. The van der Waals surface area contributed by atoms with Crippen LogP contribution in [0.1, 0.15) is 16.7 Å². The second-order valence-electron chi connectivity index (χ2n) is 6.70. The van der Waals surface area contributed by atoms with Crippen molar-refractivity contribution in [2.75, 3.05) is 37.3 Å². The SMILES string of the molecule is CSc1cccc(CNC(=O)N2CCN(c3cccc(C)c3C)CC2)c1. The molecule has 0 radical (unpaired) electrons. The van der Waals surface area contributed by atoms with Crippen LogP contribution in [-0.4, -0.2) is 43.4 Å². The van der Waals surface area contributed by atoms with Crippen molar-refractivity contribution in [2.24, 2.45) is 0 Å². The third-order valence-corrected chi connectivity index (χ3v) is 5.79. The van der Waals surface area contributed by atoms with Gasteiger partial charge in [0.15, 0.2) is 0 Å². The zero-order chi connectivity index (χ0) is 18.5. The third-order valence-electron chi connectivity index (χ3n) is 5.06. The highest BCUT2D eigenvalue weighted by molar-refractivity contribution is 7.98. The van der Waals surface area contributed by atoms with Crippen LogP contribution < -0.4 is 10.2 Å². The quantitative estimate of drug-likeness (QED) is 0.826. The van der Waals surface area contributed by atoms with Crippen LogP contribution >= 0.6 is 11.8 Å². The van der Waals surface area contributed by atoms with Crippen LogP contribution in [0.4, 0.5) is 10.5 Å². The molecule has 1 aliphatic rings. The predicted molar refractivity (Wildman–Crippen MR) is 110 cm³/mol. The first kappa shape index (κ1) is 18.6. The number of hydrogen-bond donors (Lipinski definition) is 1. The molecule has 1 N–H and O–H groups in total. The largest absolute Gasteiger partial charge is 0.368 e. The van der Waals surface area contributed by atoms with Crippen LogP contribution in [-0.2, 0) is 6.54 Å². The Bertz CT molecular complexity index is 770. The van der Waals surface area contributed by atoms with Crippen LogP contribution in [0, 0.1) is 13.8 Å². The Morgan fingerprint density at radius 2 is 1.81 bits per heavy atom. The first-order valence-electron chi connectivity index (χ1n) is 9.05. The fraction of sp³-hybridized carbons (Fsp3) is 0.381. The first-order valence-corrected chi connectivity index (χ1v) is 10.3. The van der Waals surface area contributed by atoms with Gasteiger partial charge < -0.3 is 15.1 Å². The maximum absolute atomic E-state index is 12.5. The van der Waals surface area contributed by atoms with E-state index in [9.17, 15) is 4.79 Å². The van der Waals surface area contributed by atoms with E-state index in [0.717, 1.165) is 31.7 Å². The molecule has 0 atom stereocenters. The second kappa shape index (κ2) is 8.49. The highest BCUT2D eigenvalue weighted by Gasteiger charge is 2.22. The van der Waals surface area contributed by atoms with Gasteiger partial charge in [-0.3, -0.25) is 0 Å². The first-order chi connectivity index (χ1) is 12.6. The summed E-state index contributed by atoms with van der Waals surface area (Å²) in [5.41, 5.74) is 5.08. The number of piperazine rings is 1. The van der Waals surface area contributed by atoms with E-state index in [-0.39, 0.29) is 6.03 Å². The minimum absolute atomic E-state index is 0.0279. The van der Waals surface area contributed by atoms with Crippen molar-refractivity contribution in [3.8, 4) is 0 Å². The number of benzene rings is 2. The number of carbonyl (C=O) groups excluding carboxylic acids is 1. The minimum atomic E-state index is 0.0279. The molecule has 0 unspecified atom stereocenters. The summed E-state index contributed by atoms with van der Waals surface area (Å²) in [5.74, 6) is 0. The molecule has 3 rings (SSSR count). The summed E-state index contributed by atoms with van der Waals surface area (Å²) in [5, 5.41) is 3.05. The molecule has 1 heterocycles. The standard InChI is InChI=1S/C21H27N3OS/c1-16-6-4-9-20(17(16)2)23-10-12-24(13-11-23)21(25)22-15-18-7-5-8-19(14-18)26-3/h4-9,14H,10-13,15H2,1-3H3,(H,22,25). The van der Waals surface area contributed by atoms with Crippen molar-refractivity contribution in [3.63, 3.8) is 0 Å². The highest BCUT2D eigenvalue weighted by atomic mass is 32.2. The fourth-order valence-electron chi connectivity index (χ4n) is 3.30. The Balaban J connectivity index is 1.52. The molecule has 2 aromatic carbocycles. The van der Waals surface area contributed by atoms with Gasteiger partial charge in [-0.25, -0.2) is 4.79 Å². The van der Waals surface area contributed by atoms with E-state index >= 15 is 0 Å². The Kier molecular flexibility index (Phi) is 6.09. The van der Waals surface area contributed by atoms with Gasteiger partial charge in [-0.05, 0) is 55.0 Å². The summed E-state index contributed by atoms with van der Waals surface area (Å²) in [7, 11) is 0. The average molecular weight is 370 g/mol. The normalized spacial score (nSPS) is 14.4. The van der Waals surface area contributed by atoms with Gasteiger partial charge in [-0.2, -0.15) is 0 Å². The molecule has 0 spiro atoms. The van der Waals surface area contributed by atoms with Crippen LogP contribution in [0.3, 0.4) is 0 Å². The lowest BCUT2D eigenvalue weighted by molar-refractivity contribution is 0.194. The molecule has 1 fully saturated rings. The molecule has 0 aromatic heterocycles. The lowest BCUT2D eigenvalue weighted by Crippen LogP contribution is -2.51. The summed E-state index contributed by atoms with van der Waals surface area (Å²) >= 11 is 1.72. The number of anilines is 1. The van der Waals surface area contributed by atoms with Crippen LogP contribution in [0.2, 0.25) is 0 Å². The van der Waals surface area contributed by atoms with E-state index in [2.05, 4.69) is 66.7 Å². The topological polar surface area (TPSA) is 35.6 Å². The molecule has 26 heavy (non-hydrogen) atoms. The maximum atomic E-state index is 12.5. The third kappa shape index (κ3) is 4.33. The molecule has 138 valence electrons. The van der Waals surface area contributed by atoms with Crippen LogP contribution in [0.25, 0.3) is 0 Å². The van der Waals surface area contributed by atoms with Gasteiger partial charge in [-0.1, -0.05) is 24.3 Å². The number of thioether (sulfide) groups is 1. The van der Waals surface area contributed by atoms with Gasteiger partial charge in [0.25, 0.3) is 0 Å². The minimum Gasteiger partial charge on any atom is -0.368 e. The molecule has 0 aliphatic carbocycles. The molecular formula is C21H27N3OS. The van der Waals surface area contributed by atoms with Crippen LogP contribution in [0.15, 0.2) is 47.4 Å². The van der Waals surface area contributed by atoms with E-state index in [1.807, 2.05) is 11.0 Å². The molecule has 2 aromatic rings. The summed E-state index contributed by atoms with van der Waals surface area (Å²) in [6, 6.07) is 14.8. The number of rotatable bonds is 4. The van der Waals surface area contributed by atoms with Crippen molar-refractivity contribution >= 4 is 23.5 Å². The van der Waals surface area contributed by atoms with Crippen molar-refractivity contribution in [1.82, 2.24) is 10.2 Å². The summed E-state index contributed by atoms with van der Waals surface area (Å²) in [6.07, 6.45) is 2.06. The van der Waals surface area contributed by atoms with E-state index in [4.69, 9.17) is 0 Å². The monoisotopic (exact) mass is 369 g/mol. The van der Waals surface area contributed by atoms with Crippen molar-refractivity contribution < 1.29 is 4.79 Å². The van der Waals surface area contributed by atoms with Gasteiger partial charge in [0.1, 0.15) is 0 Å². The number of urea groups is 1. The molecular weight excluding hydrogens is 342 g/mol. The molecule has 4 nitrogen and oxygen atoms in total. The second-order valence-corrected chi connectivity index (χ2v) is 7.58. The number of carbonyl (C=O) groups is 1. The van der Waals surface area contributed by atoms with Crippen molar-refractivity contribution in [1.29, 1.82) is 0 Å². The zero-order valence-corrected chi connectivity index (χ0v) is 16.6. The van der Waals surface area contributed by atoms with Gasteiger partial charge in [0.2, 0.25) is 0 Å². The van der Waals surface area contributed by atoms with E-state index in [0.29, 0.717) is 6.54 Å². The number of hydrogen-bond acceptors (Lipinski definition) is 3. The van der Waals surface area contributed by atoms with E-state index < -0.39 is 0 Å². The molecule has 1 aliphatic heterocycles. The van der Waals surface area contributed by atoms with Crippen LogP contribution in [0.5, 0.6) is 0 Å². The smallest absolute Gasteiger partial charge is 0.317 e. The molecule has 0 saturated carbocycles. The lowest BCUT2D eigenvalue weighted by Gasteiger charge is -2.37. The van der Waals surface area contributed by atoms with Crippen molar-refractivity contribution in [2.45, 2.75) is 25.3 Å². The fourth-order valence-corrected chi connectivity index (χ4v) is 3.78. The number of nitrogens with one attached hydrogen (secondary N) is 1. The van der Waals surface area contributed by atoms with E-state index in [1.54, 1.807) is 11.8 Å². The van der Waals surface area contributed by atoms with Gasteiger partial charge in [0, 0.05) is 43.3 Å². The Morgan fingerprint density at radius 1 is 1.08 bits per heavy atom. The maximum Gasteiger partial charge on any atom is 0.317 e.